The minimum absolute atomic E-state index is 0.191. The number of nitrogens with one attached hydrogen (secondary N) is 1. The number of methoxy groups -OCH3 is 1. The molecule has 36 heavy (non-hydrogen) atoms. The number of aryl methyl sites for hydroxylation is 1. The number of ether oxygens (including phenoxy) is 1. The topological polar surface area (TPSA) is 42.3 Å². The molecular weight excluding hydrogens is 535 g/mol. The molecular formula is C27H23Cl3N4OS. The van der Waals surface area contributed by atoms with Crippen molar-refractivity contribution in [2.45, 2.75) is 25.9 Å². The molecule has 4 aromatic rings. The Balaban J connectivity index is 1.70. The molecule has 5 nitrogen and oxygen atoms in total. The zero-order valence-electron chi connectivity index (χ0n) is 19.8. The van der Waals surface area contributed by atoms with Gasteiger partial charge in [0, 0.05) is 23.3 Å². The van der Waals surface area contributed by atoms with Crippen molar-refractivity contribution in [3.63, 3.8) is 0 Å². The molecule has 3 heterocycles. The lowest BCUT2D eigenvalue weighted by molar-refractivity contribution is 0.415. The summed E-state index contributed by atoms with van der Waals surface area (Å²) in [4.78, 5) is 6.74. The highest BCUT2D eigenvalue weighted by Gasteiger charge is 2.42. The highest BCUT2D eigenvalue weighted by molar-refractivity contribution is 7.80. The van der Waals surface area contributed by atoms with Gasteiger partial charge in [-0.05, 0) is 80.2 Å². The normalized spacial score (nSPS) is 17.4. The summed E-state index contributed by atoms with van der Waals surface area (Å²) in [6.07, 6.45) is 1.79. The van der Waals surface area contributed by atoms with Crippen LogP contribution in [0.25, 0.3) is 5.69 Å². The van der Waals surface area contributed by atoms with E-state index in [4.69, 9.17) is 51.8 Å². The van der Waals surface area contributed by atoms with E-state index in [1.54, 1.807) is 19.4 Å². The van der Waals surface area contributed by atoms with E-state index in [1.165, 1.54) is 0 Å². The lowest BCUT2D eigenvalue weighted by Crippen LogP contribution is -2.29. The summed E-state index contributed by atoms with van der Waals surface area (Å²) in [7, 11) is 1.60. The number of halogens is 3. The van der Waals surface area contributed by atoms with Crippen LogP contribution in [0.15, 0.2) is 66.9 Å². The fourth-order valence-electron chi connectivity index (χ4n) is 4.88. The zero-order chi connectivity index (χ0) is 25.6. The highest BCUT2D eigenvalue weighted by atomic mass is 35.5. The first-order chi connectivity index (χ1) is 17.3. The van der Waals surface area contributed by atoms with Gasteiger partial charge in [0.05, 0.1) is 45.6 Å². The summed E-state index contributed by atoms with van der Waals surface area (Å²) >= 11 is 25.4. The third kappa shape index (κ3) is 4.22. The maximum atomic E-state index is 6.63. The number of benzene rings is 2. The number of hydrogen-bond donors (Lipinski definition) is 1. The van der Waals surface area contributed by atoms with Crippen LogP contribution in [-0.4, -0.2) is 21.8 Å². The third-order valence-electron chi connectivity index (χ3n) is 6.47. The van der Waals surface area contributed by atoms with E-state index in [0.29, 0.717) is 25.9 Å². The predicted octanol–water partition coefficient (Wildman–Crippen LogP) is 7.64. The van der Waals surface area contributed by atoms with Gasteiger partial charge in [-0.2, -0.15) is 0 Å². The number of nitrogens with zero attached hydrogens (tertiary/aromatic N) is 3. The molecule has 184 valence electrons. The van der Waals surface area contributed by atoms with Gasteiger partial charge >= 0.3 is 0 Å². The van der Waals surface area contributed by atoms with Crippen LogP contribution in [-0.2, 0) is 0 Å². The average molecular weight is 558 g/mol. The molecule has 0 spiro atoms. The monoisotopic (exact) mass is 556 g/mol. The standard InChI is InChI=1S/C27H23Cl3N4OS/c1-15-13-18(16(2)33(15)22-9-6-7-19(28)24(22)30)26-25(21-8-4-5-12-31-21)32-27(36)34(26)17-10-11-23(35-3)20(29)14-17/h4-14,25-26H,1-3H3,(H,32,36)/t25-,26-/m0/s1. The fourth-order valence-corrected chi connectivity index (χ4v) is 5.85. The van der Waals surface area contributed by atoms with Crippen molar-refractivity contribution < 1.29 is 4.74 Å². The molecule has 1 aliphatic rings. The van der Waals surface area contributed by atoms with Crippen LogP contribution in [0.1, 0.15) is 34.7 Å². The molecule has 0 bridgehead atoms. The van der Waals surface area contributed by atoms with Crippen molar-refractivity contribution in [3.05, 3.63) is 105 Å². The van der Waals surface area contributed by atoms with Gasteiger partial charge in [0.15, 0.2) is 5.11 Å². The minimum Gasteiger partial charge on any atom is -0.495 e. The van der Waals surface area contributed by atoms with E-state index in [2.05, 4.69) is 39.7 Å². The van der Waals surface area contributed by atoms with Crippen LogP contribution >= 0.6 is 47.0 Å². The Bertz CT molecular complexity index is 1460. The predicted molar refractivity (Wildman–Crippen MR) is 151 cm³/mol. The number of hydrogen-bond acceptors (Lipinski definition) is 3. The molecule has 9 heteroatoms. The molecule has 1 aliphatic heterocycles. The molecule has 0 amide bonds. The van der Waals surface area contributed by atoms with Crippen molar-refractivity contribution in [3.8, 4) is 11.4 Å². The van der Waals surface area contributed by atoms with Gasteiger partial charge in [0.1, 0.15) is 5.75 Å². The largest absolute Gasteiger partial charge is 0.495 e. The molecule has 0 aliphatic carbocycles. The number of pyridine rings is 1. The zero-order valence-corrected chi connectivity index (χ0v) is 22.9. The van der Waals surface area contributed by atoms with E-state index in [9.17, 15) is 0 Å². The molecule has 5 rings (SSSR count). The van der Waals surface area contributed by atoms with Crippen molar-refractivity contribution in [1.82, 2.24) is 14.9 Å². The molecule has 0 radical (unpaired) electrons. The first-order valence-electron chi connectivity index (χ1n) is 11.3. The van der Waals surface area contributed by atoms with Gasteiger partial charge in [0.25, 0.3) is 0 Å². The average Bonchev–Trinajstić information content (AvgIpc) is 3.36. The van der Waals surface area contributed by atoms with Gasteiger partial charge in [-0.1, -0.05) is 46.9 Å². The van der Waals surface area contributed by atoms with Crippen molar-refractivity contribution in [2.24, 2.45) is 0 Å². The molecule has 2 atom stereocenters. The smallest absolute Gasteiger partial charge is 0.174 e. The second kappa shape index (κ2) is 9.94. The minimum atomic E-state index is -0.199. The molecule has 0 saturated carbocycles. The van der Waals surface area contributed by atoms with Crippen LogP contribution in [0.4, 0.5) is 5.69 Å². The Kier molecular flexibility index (Phi) is 6.88. The Morgan fingerprint density at radius 2 is 1.78 bits per heavy atom. The van der Waals surface area contributed by atoms with E-state index >= 15 is 0 Å². The SMILES string of the molecule is COc1ccc(N2C(=S)N[C@@H](c3ccccn3)[C@@H]2c2cc(C)n(-c3cccc(Cl)c3Cl)c2C)cc1Cl. The number of thiocarbonyl (C=S) groups is 1. The summed E-state index contributed by atoms with van der Waals surface area (Å²) in [6.45, 7) is 4.13. The van der Waals surface area contributed by atoms with Crippen LogP contribution in [0.5, 0.6) is 5.75 Å². The number of aromatic nitrogens is 2. The van der Waals surface area contributed by atoms with E-state index in [-0.39, 0.29) is 12.1 Å². The van der Waals surface area contributed by atoms with Gasteiger partial charge in [-0.25, -0.2) is 0 Å². The number of rotatable bonds is 5. The summed E-state index contributed by atoms with van der Waals surface area (Å²) < 4.78 is 7.49. The Labute approximate surface area is 230 Å². The fraction of sp³-hybridized carbons (Fsp3) is 0.185. The lowest BCUT2D eigenvalue weighted by atomic mass is 9.96. The van der Waals surface area contributed by atoms with E-state index in [1.807, 2.05) is 48.5 Å². The molecule has 2 aromatic carbocycles. The Hall–Kier alpha value is -2.77. The van der Waals surface area contributed by atoms with E-state index in [0.717, 1.165) is 34.0 Å². The highest BCUT2D eigenvalue weighted by Crippen LogP contribution is 2.45. The van der Waals surface area contributed by atoms with Crippen molar-refractivity contribution in [2.75, 3.05) is 12.0 Å². The molecule has 0 unspecified atom stereocenters. The molecule has 1 N–H and O–H groups in total. The Morgan fingerprint density at radius 1 is 0.972 bits per heavy atom. The first kappa shape index (κ1) is 24.9. The quantitative estimate of drug-likeness (QED) is 0.256. The summed E-state index contributed by atoms with van der Waals surface area (Å²) in [5.41, 5.74) is 5.70. The molecule has 2 aromatic heterocycles. The van der Waals surface area contributed by atoms with Gasteiger partial charge in [-0.15, -0.1) is 0 Å². The molecule has 1 saturated heterocycles. The second-order valence-corrected chi connectivity index (χ2v) is 10.1. The van der Waals surface area contributed by atoms with Crippen molar-refractivity contribution >= 4 is 57.8 Å². The van der Waals surface area contributed by atoms with Gasteiger partial charge in [-0.3, -0.25) is 4.98 Å². The van der Waals surface area contributed by atoms with Crippen LogP contribution in [0, 0.1) is 13.8 Å². The molecule has 1 fully saturated rings. The van der Waals surface area contributed by atoms with Gasteiger partial charge in [0.2, 0.25) is 0 Å². The van der Waals surface area contributed by atoms with Crippen LogP contribution in [0.3, 0.4) is 0 Å². The van der Waals surface area contributed by atoms with Gasteiger partial charge < -0.3 is 19.5 Å². The maximum Gasteiger partial charge on any atom is 0.174 e. The lowest BCUT2D eigenvalue weighted by Gasteiger charge is -2.28. The van der Waals surface area contributed by atoms with E-state index < -0.39 is 0 Å². The maximum absolute atomic E-state index is 6.63. The summed E-state index contributed by atoms with van der Waals surface area (Å²) in [5, 5.41) is 5.60. The summed E-state index contributed by atoms with van der Waals surface area (Å²) in [5.74, 6) is 0.602. The van der Waals surface area contributed by atoms with Crippen molar-refractivity contribution in [1.29, 1.82) is 0 Å². The third-order valence-corrected chi connectivity index (χ3v) is 7.89. The van der Waals surface area contributed by atoms with Crippen LogP contribution in [0.2, 0.25) is 15.1 Å². The second-order valence-electron chi connectivity index (χ2n) is 8.55. The number of anilines is 1. The Morgan fingerprint density at radius 3 is 2.47 bits per heavy atom. The summed E-state index contributed by atoms with van der Waals surface area (Å²) in [6, 6.07) is 19.0. The first-order valence-corrected chi connectivity index (χ1v) is 12.8. The van der Waals surface area contributed by atoms with Crippen LogP contribution < -0.4 is 15.0 Å².